The van der Waals surface area contributed by atoms with Gasteiger partial charge < -0.3 is 29.7 Å². The average molecular weight is 757 g/mol. The molecule has 0 unspecified atom stereocenters. The van der Waals surface area contributed by atoms with Crippen LogP contribution in [0, 0.1) is 5.92 Å². The van der Waals surface area contributed by atoms with E-state index in [1.807, 2.05) is 6.08 Å². The highest BCUT2D eigenvalue weighted by molar-refractivity contribution is 7.91. The molecule has 5 rings (SSSR count). The first-order valence-corrected chi connectivity index (χ1v) is 18.7. The summed E-state index contributed by atoms with van der Waals surface area (Å²) in [6.45, 7) is 4.61. The van der Waals surface area contributed by atoms with Crippen molar-refractivity contribution in [3.63, 3.8) is 0 Å². The first kappa shape index (κ1) is 38.9. The van der Waals surface area contributed by atoms with Crippen molar-refractivity contribution in [3.8, 4) is 5.75 Å². The van der Waals surface area contributed by atoms with Crippen molar-refractivity contribution in [1.82, 2.24) is 20.3 Å². The molecule has 52 heavy (non-hydrogen) atoms. The summed E-state index contributed by atoms with van der Waals surface area (Å²) in [4.78, 5) is 68.9. The van der Waals surface area contributed by atoms with Crippen LogP contribution < -0.4 is 20.1 Å². The van der Waals surface area contributed by atoms with Gasteiger partial charge in [0.2, 0.25) is 21.8 Å². The number of hydrogen-bond acceptors (Lipinski definition) is 10. The van der Waals surface area contributed by atoms with Crippen LogP contribution in [0.3, 0.4) is 0 Å². The molecule has 2 saturated carbocycles. The highest BCUT2D eigenvalue weighted by Crippen LogP contribution is 2.46. The number of rotatable bonds is 7. The van der Waals surface area contributed by atoms with Gasteiger partial charge in [-0.05, 0) is 77.5 Å². The second-order valence-electron chi connectivity index (χ2n) is 14.6. The molecule has 0 radical (unpaired) electrons. The van der Waals surface area contributed by atoms with Crippen molar-refractivity contribution in [3.05, 3.63) is 42.0 Å². The number of carbonyl (C=O) groups is 5. The van der Waals surface area contributed by atoms with Gasteiger partial charge in [-0.3, -0.25) is 19.1 Å². The zero-order valence-corrected chi connectivity index (χ0v) is 29.8. The molecule has 1 aromatic carbocycles. The van der Waals surface area contributed by atoms with E-state index in [2.05, 4.69) is 20.1 Å². The minimum Gasteiger partial charge on any atom is -0.457 e. The zero-order chi connectivity index (χ0) is 38.1. The summed E-state index contributed by atoms with van der Waals surface area (Å²) in [6, 6.07) is 1.69. The number of nitrogens with one attached hydrogen (secondary N) is 3. The first-order valence-electron chi connectivity index (χ1n) is 17.2. The van der Waals surface area contributed by atoms with E-state index in [9.17, 15) is 45.6 Å². The lowest BCUT2D eigenvalue weighted by molar-refractivity contribution is -0.274. The van der Waals surface area contributed by atoms with Crippen molar-refractivity contribution in [2.24, 2.45) is 5.92 Å². The number of fused-ring (bicyclic) bond motifs is 2. The lowest BCUT2D eigenvalue weighted by Gasteiger charge is -2.30. The number of carbonyl (C=O) groups excluding carboxylic acids is 5. The number of amides is 4. The Morgan fingerprint density at radius 3 is 2.44 bits per heavy atom. The number of halogens is 3. The molecule has 4 amide bonds. The molecule has 3 N–H and O–H groups in total. The summed E-state index contributed by atoms with van der Waals surface area (Å²) >= 11 is 0. The molecular formula is C34H43F3N4O10S. The monoisotopic (exact) mass is 756 g/mol. The summed E-state index contributed by atoms with van der Waals surface area (Å²) in [5.41, 5.74) is -2.81. The van der Waals surface area contributed by atoms with E-state index < -0.39 is 92.4 Å². The number of alkyl halides is 3. The number of allylic oxidation sites excluding steroid dienone is 1. The van der Waals surface area contributed by atoms with Crippen molar-refractivity contribution < 1.29 is 59.8 Å². The van der Waals surface area contributed by atoms with Crippen LogP contribution in [0.1, 0.15) is 88.9 Å². The molecule has 3 fully saturated rings. The largest absolute Gasteiger partial charge is 0.573 e. The molecule has 4 aliphatic rings. The summed E-state index contributed by atoms with van der Waals surface area (Å²) in [6.07, 6.45) is -0.104. The quantitative estimate of drug-likeness (QED) is 0.274. The van der Waals surface area contributed by atoms with Gasteiger partial charge in [0.15, 0.2) is 0 Å². The van der Waals surface area contributed by atoms with Crippen molar-refractivity contribution in [2.75, 3.05) is 6.54 Å². The minimum atomic E-state index is -5.01. The minimum absolute atomic E-state index is 0.0967. The van der Waals surface area contributed by atoms with E-state index in [1.54, 1.807) is 26.8 Å². The first-order chi connectivity index (χ1) is 24.3. The van der Waals surface area contributed by atoms with Gasteiger partial charge in [-0.2, -0.15) is 0 Å². The molecule has 0 aromatic heterocycles. The van der Waals surface area contributed by atoms with Gasteiger partial charge in [0.1, 0.15) is 35.1 Å². The summed E-state index contributed by atoms with van der Waals surface area (Å²) in [5, 5.41) is 4.59. The lowest BCUT2D eigenvalue weighted by atomic mass is 10.0. The molecule has 14 nitrogen and oxygen atoms in total. The molecular weight excluding hydrogens is 713 g/mol. The van der Waals surface area contributed by atoms with Crippen LogP contribution in [0.2, 0.25) is 0 Å². The Morgan fingerprint density at radius 2 is 1.77 bits per heavy atom. The van der Waals surface area contributed by atoms with E-state index in [1.165, 1.54) is 6.07 Å². The maximum absolute atomic E-state index is 14.2. The second kappa shape index (κ2) is 14.9. The molecule has 5 atom stereocenters. The SMILES string of the molecule is CC(C)(C)OC(=O)N[C@H]1CCCCC/C=C\[C@@H]2C[C@@]2(C(=O)NS(=O)(=O)C2CC2)NC(=O)[C@@H]2C[C@@H](OC(=O)c3cccc(OC(F)(F)F)c3)CN2C1=O. The van der Waals surface area contributed by atoms with Crippen LogP contribution in [0.5, 0.6) is 5.75 Å². The fraction of sp³-hybridized carbons (Fsp3) is 0.618. The summed E-state index contributed by atoms with van der Waals surface area (Å²) in [7, 11) is -3.97. The highest BCUT2D eigenvalue weighted by atomic mass is 32.2. The Hall–Kier alpha value is -4.35. The van der Waals surface area contributed by atoms with E-state index in [0.717, 1.165) is 23.1 Å². The van der Waals surface area contributed by atoms with Gasteiger partial charge in [0.25, 0.3) is 5.91 Å². The standard InChI is InChI=1S/C34H43F3N4O10S/c1-32(2,3)51-31(46)38-25-13-8-6-4-5-7-11-21-18-33(21,30(45)40-52(47,48)24-14-15-24)39-27(42)26-17-23(19-41(26)28(25)43)49-29(44)20-10-9-12-22(16-20)50-34(35,36)37/h7,9-12,16,21,23-26H,4-6,8,13-15,17-19H2,1-3H3,(H,38,46)(H,39,42)(H,40,45)/b11-7-/t21-,23-,25+,26+,33-/m1/s1. The molecule has 2 aliphatic carbocycles. The third kappa shape index (κ3) is 9.95. The normalized spacial score (nSPS) is 27.8. The van der Waals surface area contributed by atoms with E-state index >= 15 is 0 Å². The molecule has 0 spiro atoms. The predicted molar refractivity (Wildman–Crippen MR) is 177 cm³/mol. The van der Waals surface area contributed by atoms with Crippen LogP contribution in [0.25, 0.3) is 0 Å². The molecule has 2 heterocycles. The Kier molecular flexibility index (Phi) is 11.2. The van der Waals surface area contributed by atoms with E-state index in [4.69, 9.17) is 9.47 Å². The third-order valence-corrected chi connectivity index (χ3v) is 10.9. The van der Waals surface area contributed by atoms with Gasteiger partial charge in [0.05, 0.1) is 17.4 Å². The van der Waals surface area contributed by atoms with Crippen LogP contribution >= 0.6 is 0 Å². The molecule has 0 bridgehead atoms. The molecule has 2 aliphatic heterocycles. The average Bonchev–Trinajstić information content (AvgIpc) is 3.95. The number of esters is 1. The summed E-state index contributed by atoms with van der Waals surface area (Å²) in [5.74, 6) is -4.68. The topological polar surface area (TPSA) is 187 Å². The van der Waals surface area contributed by atoms with Crippen LogP contribution in [-0.4, -0.2) is 90.6 Å². The van der Waals surface area contributed by atoms with Gasteiger partial charge in [-0.25, -0.2) is 18.0 Å². The number of ether oxygens (including phenoxy) is 3. The Bertz CT molecular complexity index is 1710. The number of sulfonamides is 1. The van der Waals surface area contributed by atoms with Gasteiger partial charge in [0, 0.05) is 12.3 Å². The predicted octanol–water partition coefficient (Wildman–Crippen LogP) is 3.61. The fourth-order valence-corrected chi connectivity index (χ4v) is 7.70. The maximum atomic E-state index is 14.2. The lowest BCUT2D eigenvalue weighted by Crippen LogP contribution is -2.58. The molecule has 1 saturated heterocycles. The highest BCUT2D eigenvalue weighted by Gasteiger charge is 2.62. The Morgan fingerprint density at radius 1 is 1.04 bits per heavy atom. The molecule has 286 valence electrons. The number of hydrogen-bond donors (Lipinski definition) is 3. The fourth-order valence-electron chi connectivity index (χ4n) is 6.34. The number of alkyl carbamates (subject to hydrolysis) is 1. The van der Waals surface area contributed by atoms with Gasteiger partial charge >= 0.3 is 18.4 Å². The second-order valence-corrected chi connectivity index (χ2v) is 16.5. The molecule has 1 aromatic rings. The Balaban J connectivity index is 1.42. The summed E-state index contributed by atoms with van der Waals surface area (Å²) < 4.78 is 80.8. The van der Waals surface area contributed by atoms with Crippen LogP contribution in [-0.2, 0) is 33.9 Å². The Labute approximate surface area is 299 Å². The smallest absolute Gasteiger partial charge is 0.457 e. The van der Waals surface area contributed by atoms with Crippen LogP contribution in [0.15, 0.2) is 36.4 Å². The van der Waals surface area contributed by atoms with Crippen molar-refractivity contribution in [2.45, 2.75) is 119 Å². The maximum Gasteiger partial charge on any atom is 0.573 e. The molecule has 18 heteroatoms. The number of benzene rings is 1. The van der Waals surface area contributed by atoms with Crippen molar-refractivity contribution in [1.29, 1.82) is 0 Å². The van der Waals surface area contributed by atoms with E-state index in [-0.39, 0.29) is 31.4 Å². The zero-order valence-electron chi connectivity index (χ0n) is 29.0. The van der Waals surface area contributed by atoms with Crippen molar-refractivity contribution >= 4 is 39.8 Å². The van der Waals surface area contributed by atoms with E-state index in [0.29, 0.717) is 38.5 Å². The van der Waals surface area contributed by atoms with Gasteiger partial charge in [-0.1, -0.05) is 31.1 Å². The number of nitrogens with zero attached hydrogens (tertiary/aromatic N) is 1. The van der Waals surface area contributed by atoms with Gasteiger partial charge in [-0.15, -0.1) is 13.2 Å². The van der Waals surface area contributed by atoms with Crippen LogP contribution in [0.4, 0.5) is 18.0 Å². The third-order valence-electron chi connectivity index (χ3n) is 9.11.